The summed E-state index contributed by atoms with van der Waals surface area (Å²) in [7, 11) is 1.83. The van der Waals surface area contributed by atoms with Gasteiger partial charge in [-0.1, -0.05) is 13.3 Å². The number of rotatable bonds is 6. The fraction of sp³-hybridized carbons (Fsp3) is 0.889. The van der Waals surface area contributed by atoms with Gasteiger partial charge in [0.1, 0.15) is 6.10 Å². The van der Waals surface area contributed by atoms with E-state index in [2.05, 4.69) is 17.6 Å². The Balaban J connectivity index is 3.38. The lowest BCUT2D eigenvalue weighted by Crippen LogP contribution is -2.32. The topological polar surface area (TPSA) is 50.4 Å². The number of carbonyl (C=O) groups is 1. The number of hydrogen-bond acceptors (Lipinski definition) is 3. The maximum Gasteiger partial charge on any atom is 0.407 e. The van der Waals surface area contributed by atoms with E-state index in [4.69, 9.17) is 4.74 Å². The molecule has 0 spiro atoms. The highest BCUT2D eigenvalue weighted by Crippen LogP contribution is 1.90. The van der Waals surface area contributed by atoms with E-state index >= 15 is 0 Å². The van der Waals surface area contributed by atoms with Gasteiger partial charge in [-0.05, 0) is 20.4 Å². The second-order valence-corrected chi connectivity index (χ2v) is 3.05. The van der Waals surface area contributed by atoms with Crippen molar-refractivity contribution in [2.45, 2.75) is 32.8 Å². The van der Waals surface area contributed by atoms with Gasteiger partial charge in [0.05, 0.1) is 0 Å². The molecule has 13 heavy (non-hydrogen) atoms. The average molecular weight is 188 g/mol. The molecule has 78 valence electrons. The Morgan fingerprint density at radius 1 is 1.54 bits per heavy atom. The van der Waals surface area contributed by atoms with Gasteiger partial charge in [0, 0.05) is 13.1 Å². The van der Waals surface area contributed by atoms with Crippen LogP contribution in [0.25, 0.3) is 0 Å². The third-order valence-corrected chi connectivity index (χ3v) is 1.60. The summed E-state index contributed by atoms with van der Waals surface area (Å²) in [5.74, 6) is 0. The maximum absolute atomic E-state index is 11.0. The summed E-state index contributed by atoms with van der Waals surface area (Å²) in [4.78, 5) is 11.0. The Morgan fingerprint density at radius 2 is 2.23 bits per heavy atom. The molecule has 4 nitrogen and oxygen atoms in total. The Bertz CT molecular complexity index is 140. The number of amides is 1. The number of hydrogen-bond donors (Lipinski definition) is 2. The van der Waals surface area contributed by atoms with Gasteiger partial charge in [0.15, 0.2) is 0 Å². The minimum Gasteiger partial charge on any atom is -0.445 e. The first-order chi connectivity index (χ1) is 6.20. The van der Waals surface area contributed by atoms with Crippen LogP contribution in [0.15, 0.2) is 0 Å². The lowest BCUT2D eigenvalue weighted by atomic mass is 10.3. The predicted octanol–water partition coefficient (Wildman–Crippen LogP) is 1.12. The summed E-state index contributed by atoms with van der Waals surface area (Å²) in [6.07, 6.45) is 1.67. The number of nitrogens with one attached hydrogen (secondary N) is 2. The molecule has 0 rings (SSSR count). The van der Waals surface area contributed by atoms with Crippen LogP contribution in [-0.4, -0.2) is 32.3 Å². The molecular weight excluding hydrogens is 168 g/mol. The number of alkyl carbamates (subject to hydrolysis) is 1. The van der Waals surface area contributed by atoms with E-state index in [-0.39, 0.29) is 12.2 Å². The molecule has 0 radical (unpaired) electrons. The predicted molar refractivity (Wildman–Crippen MR) is 52.8 cm³/mol. The minimum absolute atomic E-state index is 0.0772. The third kappa shape index (κ3) is 7.59. The first kappa shape index (κ1) is 12.2. The van der Waals surface area contributed by atoms with Crippen molar-refractivity contribution in [2.75, 3.05) is 20.1 Å². The van der Waals surface area contributed by atoms with Crippen LogP contribution in [0, 0.1) is 0 Å². The van der Waals surface area contributed by atoms with Gasteiger partial charge in [-0.15, -0.1) is 0 Å². The van der Waals surface area contributed by atoms with Crippen LogP contribution in [0.2, 0.25) is 0 Å². The van der Waals surface area contributed by atoms with Gasteiger partial charge in [-0.2, -0.15) is 0 Å². The van der Waals surface area contributed by atoms with E-state index in [0.717, 1.165) is 12.8 Å². The fourth-order valence-electron chi connectivity index (χ4n) is 0.921. The van der Waals surface area contributed by atoms with E-state index in [9.17, 15) is 4.79 Å². The molecule has 0 aliphatic carbocycles. The second kappa shape index (κ2) is 7.86. The summed E-state index contributed by atoms with van der Waals surface area (Å²) < 4.78 is 5.02. The molecule has 0 aromatic carbocycles. The Hall–Kier alpha value is -0.770. The molecule has 0 heterocycles. The largest absolute Gasteiger partial charge is 0.445 e. The maximum atomic E-state index is 11.0. The van der Waals surface area contributed by atoms with Crippen LogP contribution in [0.5, 0.6) is 0 Å². The highest BCUT2D eigenvalue weighted by atomic mass is 16.6. The summed E-state index contributed by atoms with van der Waals surface area (Å²) in [6, 6.07) is 0. The van der Waals surface area contributed by atoms with Gasteiger partial charge in [-0.3, -0.25) is 0 Å². The first-order valence-corrected chi connectivity index (χ1v) is 4.79. The molecule has 0 bridgehead atoms. The molecule has 0 aromatic heterocycles. The van der Waals surface area contributed by atoms with E-state index in [1.807, 2.05) is 14.0 Å². The SMILES string of the molecule is CCCCNC(=O)OC(C)CNC. The minimum atomic E-state index is -0.323. The molecule has 1 atom stereocenters. The summed E-state index contributed by atoms with van der Waals surface area (Å²) >= 11 is 0. The molecule has 1 amide bonds. The number of carbonyl (C=O) groups excluding carboxylic acids is 1. The van der Waals surface area contributed by atoms with Crippen molar-refractivity contribution in [1.82, 2.24) is 10.6 Å². The Kier molecular flexibility index (Phi) is 7.39. The van der Waals surface area contributed by atoms with Gasteiger partial charge in [-0.25, -0.2) is 4.79 Å². The lowest BCUT2D eigenvalue weighted by molar-refractivity contribution is 0.107. The average Bonchev–Trinajstić information content (AvgIpc) is 2.05. The van der Waals surface area contributed by atoms with Crippen LogP contribution in [0.1, 0.15) is 26.7 Å². The zero-order chi connectivity index (χ0) is 10.1. The van der Waals surface area contributed by atoms with Crippen LogP contribution >= 0.6 is 0 Å². The molecule has 0 saturated carbocycles. The number of unbranched alkanes of at least 4 members (excludes halogenated alkanes) is 1. The van der Waals surface area contributed by atoms with Crippen LogP contribution in [0.4, 0.5) is 4.79 Å². The fourth-order valence-corrected chi connectivity index (χ4v) is 0.921. The van der Waals surface area contributed by atoms with E-state index in [0.29, 0.717) is 13.1 Å². The molecular formula is C9H20N2O2. The van der Waals surface area contributed by atoms with Crippen molar-refractivity contribution in [2.24, 2.45) is 0 Å². The molecule has 0 aromatic rings. The smallest absolute Gasteiger partial charge is 0.407 e. The van der Waals surface area contributed by atoms with Crippen molar-refractivity contribution in [3.8, 4) is 0 Å². The molecule has 0 fully saturated rings. The van der Waals surface area contributed by atoms with Crippen LogP contribution < -0.4 is 10.6 Å². The van der Waals surface area contributed by atoms with Crippen molar-refractivity contribution >= 4 is 6.09 Å². The van der Waals surface area contributed by atoms with E-state index in [1.165, 1.54) is 0 Å². The summed E-state index contributed by atoms with van der Waals surface area (Å²) in [6.45, 7) is 5.31. The van der Waals surface area contributed by atoms with Crippen LogP contribution in [-0.2, 0) is 4.74 Å². The van der Waals surface area contributed by atoms with E-state index in [1.54, 1.807) is 0 Å². The number of ether oxygens (including phenoxy) is 1. The summed E-state index contributed by atoms with van der Waals surface area (Å²) in [5, 5.41) is 5.62. The Morgan fingerprint density at radius 3 is 2.77 bits per heavy atom. The second-order valence-electron chi connectivity index (χ2n) is 3.05. The van der Waals surface area contributed by atoms with Crippen molar-refractivity contribution < 1.29 is 9.53 Å². The van der Waals surface area contributed by atoms with Gasteiger partial charge >= 0.3 is 6.09 Å². The standard InChI is InChI=1S/C9H20N2O2/c1-4-5-6-11-9(12)13-8(2)7-10-3/h8,10H,4-7H2,1-3H3,(H,11,12). The third-order valence-electron chi connectivity index (χ3n) is 1.60. The molecule has 1 unspecified atom stereocenters. The highest BCUT2D eigenvalue weighted by molar-refractivity contribution is 5.67. The Labute approximate surface area is 80.0 Å². The monoisotopic (exact) mass is 188 g/mol. The number of likely N-dealkylation sites (N-methyl/N-ethyl adjacent to an activating group) is 1. The first-order valence-electron chi connectivity index (χ1n) is 4.79. The zero-order valence-corrected chi connectivity index (χ0v) is 8.72. The van der Waals surface area contributed by atoms with Crippen molar-refractivity contribution in [1.29, 1.82) is 0 Å². The molecule has 2 N–H and O–H groups in total. The molecule has 0 saturated heterocycles. The summed E-state index contributed by atoms with van der Waals surface area (Å²) in [5.41, 5.74) is 0. The van der Waals surface area contributed by atoms with Gasteiger partial charge in [0.2, 0.25) is 0 Å². The molecule has 0 aliphatic rings. The molecule has 4 heteroatoms. The lowest BCUT2D eigenvalue weighted by Gasteiger charge is -2.12. The van der Waals surface area contributed by atoms with E-state index < -0.39 is 0 Å². The quantitative estimate of drug-likeness (QED) is 0.614. The highest BCUT2D eigenvalue weighted by Gasteiger charge is 2.06. The van der Waals surface area contributed by atoms with Crippen molar-refractivity contribution in [3.63, 3.8) is 0 Å². The molecule has 0 aliphatic heterocycles. The van der Waals surface area contributed by atoms with Gasteiger partial charge in [0.25, 0.3) is 0 Å². The normalized spacial score (nSPS) is 12.2. The van der Waals surface area contributed by atoms with Crippen molar-refractivity contribution in [3.05, 3.63) is 0 Å². The van der Waals surface area contributed by atoms with Crippen LogP contribution in [0.3, 0.4) is 0 Å². The zero-order valence-electron chi connectivity index (χ0n) is 8.72. The van der Waals surface area contributed by atoms with Gasteiger partial charge < -0.3 is 15.4 Å².